The number of aromatic nitrogens is 1. The first-order valence-electron chi connectivity index (χ1n) is 4.04. The van der Waals surface area contributed by atoms with Gasteiger partial charge in [-0.2, -0.15) is 5.26 Å². The molecule has 0 unspecified atom stereocenters. The van der Waals surface area contributed by atoms with Crippen molar-refractivity contribution >= 4 is 11.8 Å². The van der Waals surface area contributed by atoms with Crippen LogP contribution in [0.3, 0.4) is 0 Å². The fourth-order valence-corrected chi connectivity index (χ4v) is 0.907. The number of aromatic carboxylic acids is 1. The molecule has 0 saturated carbocycles. The molecule has 0 aliphatic carbocycles. The Morgan fingerprint density at radius 2 is 2.50 bits per heavy atom. The molecule has 1 aromatic heterocycles. The Labute approximate surface area is 81.0 Å². The van der Waals surface area contributed by atoms with Crippen LogP contribution in [0.25, 0.3) is 0 Å². The lowest BCUT2D eigenvalue weighted by Gasteiger charge is -2.02. The van der Waals surface area contributed by atoms with Gasteiger partial charge in [0.05, 0.1) is 18.1 Å². The maximum Gasteiger partial charge on any atom is 0.335 e. The Morgan fingerprint density at radius 3 is 3.14 bits per heavy atom. The van der Waals surface area contributed by atoms with Crippen molar-refractivity contribution in [2.75, 3.05) is 11.9 Å². The number of pyridine rings is 1. The molecule has 0 saturated heterocycles. The van der Waals surface area contributed by atoms with Gasteiger partial charge in [0.15, 0.2) is 0 Å². The van der Waals surface area contributed by atoms with Gasteiger partial charge in [0.1, 0.15) is 5.82 Å². The van der Waals surface area contributed by atoms with Gasteiger partial charge in [-0.05, 0) is 12.1 Å². The smallest absolute Gasteiger partial charge is 0.335 e. The Hall–Kier alpha value is -2.09. The lowest BCUT2D eigenvalue weighted by molar-refractivity contribution is 0.0697. The van der Waals surface area contributed by atoms with E-state index in [0.29, 0.717) is 18.8 Å². The van der Waals surface area contributed by atoms with E-state index in [1.54, 1.807) is 0 Å². The molecule has 0 bridgehead atoms. The number of hydrogen-bond acceptors (Lipinski definition) is 4. The van der Waals surface area contributed by atoms with Crippen LogP contribution in [0.1, 0.15) is 16.8 Å². The molecule has 1 heterocycles. The first-order chi connectivity index (χ1) is 6.74. The molecule has 14 heavy (non-hydrogen) atoms. The molecule has 0 amide bonds. The molecule has 0 atom stereocenters. The Balaban J connectivity index is 2.65. The monoisotopic (exact) mass is 191 g/mol. The predicted molar refractivity (Wildman–Crippen MR) is 49.9 cm³/mol. The third kappa shape index (κ3) is 2.75. The molecule has 0 fully saturated rings. The van der Waals surface area contributed by atoms with Crippen LogP contribution in [0.5, 0.6) is 0 Å². The zero-order chi connectivity index (χ0) is 10.4. The number of carboxylic acids is 1. The van der Waals surface area contributed by atoms with E-state index >= 15 is 0 Å². The molecule has 1 aromatic rings. The van der Waals surface area contributed by atoms with E-state index in [4.69, 9.17) is 10.4 Å². The van der Waals surface area contributed by atoms with E-state index in [9.17, 15) is 4.79 Å². The van der Waals surface area contributed by atoms with Gasteiger partial charge >= 0.3 is 5.97 Å². The third-order valence-electron chi connectivity index (χ3n) is 1.55. The van der Waals surface area contributed by atoms with Gasteiger partial charge in [-0.25, -0.2) is 9.78 Å². The second-order valence-electron chi connectivity index (χ2n) is 2.57. The van der Waals surface area contributed by atoms with Crippen molar-refractivity contribution in [1.82, 2.24) is 4.98 Å². The van der Waals surface area contributed by atoms with E-state index in [-0.39, 0.29) is 5.56 Å². The average molecular weight is 191 g/mol. The van der Waals surface area contributed by atoms with E-state index in [0.717, 1.165) is 0 Å². The first-order valence-corrected chi connectivity index (χ1v) is 4.04. The predicted octanol–water partition coefficient (Wildman–Crippen LogP) is 1.11. The van der Waals surface area contributed by atoms with Crippen LogP contribution in [0.15, 0.2) is 18.3 Å². The highest BCUT2D eigenvalue weighted by molar-refractivity contribution is 5.88. The molecule has 5 heteroatoms. The molecule has 0 aliphatic rings. The Morgan fingerprint density at radius 1 is 1.71 bits per heavy atom. The molecule has 0 aliphatic heterocycles. The van der Waals surface area contributed by atoms with E-state index in [2.05, 4.69) is 10.3 Å². The summed E-state index contributed by atoms with van der Waals surface area (Å²) in [6, 6.07) is 4.81. The maximum atomic E-state index is 10.6. The molecule has 0 spiro atoms. The van der Waals surface area contributed by atoms with Gasteiger partial charge < -0.3 is 10.4 Å². The highest BCUT2D eigenvalue weighted by Crippen LogP contribution is 2.06. The van der Waals surface area contributed by atoms with Crippen LogP contribution in [0.2, 0.25) is 0 Å². The molecule has 72 valence electrons. The number of nitriles is 1. The molecule has 1 rings (SSSR count). The summed E-state index contributed by atoms with van der Waals surface area (Å²) in [5, 5.41) is 19.8. The summed E-state index contributed by atoms with van der Waals surface area (Å²) in [5.74, 6) is -0.518. The summed E-state index contributed by atoms with van der Waals surface area (Å²) in [6.45, 7) is 0.465. The fraction of sp³-hybridized carbons (Fsp3) is 0.222. The van der Waals surface area contributed by atoms with Crippen LogP contribution in [0, 0.1) is 11.3 Å². The minimum Gasteiger partial charge on any atom is -0.478 e. The van der Waals surface area contributed by atoms with Gasteiger partial charge in [0.25, 0.3) is 0 Å². The van der Waals surface area contributed by atoms with E-state index < -0.39 is 5.97 Å². The SMILES string of the molecule is N#CCCNc1cc(C(=O)O)ccn1. The van der Waals surface area contributed by atoms with Crippen LogP contribution < -0.4 is 5.32 Å². The molecule has 0 aromatic carbocycles. The van der Waals surface area contributed by atoms with Crippen molar-refractivity contribution in [3.8, 4) is 6.07 Å². The van der Waals surface area contributed by atoms with Crippen LogP contribution in [0.4, 0.5) is 5.82 Å². The largest absolute Gasteiger partial charge is 0.478 e. The highest BCUT2D eigenvalue weighted by Gasteiger charge is 2.02. The quantitative estimate of drug-likeness (QED) is 0.696. The number of carbonyl (C=O) groups is 1. The van der Waals surface area contributed by atoms with Crippen molar-refractivity contribution in [3.05, 3.63) is 23.9 Å². The number of carboxylic acid groups (broad SMARTS) is 1. The fourth-order valence-electron chi connectivity index (χ4n) is 0.907. The van der Waals surface area contributed by atoms with Crippen molar-refractivity contribution in [2.45, 2.75) is 6.42 Å². The molecular formula is C9H9N3O2. The molecule has 0 radical (unpaired) electrons. The molecule has 5 nitrogen and oxygen atoms in total. The topological polar surface area (TPSA) is 86.0 Å². The highest BCUT2D eigenvalue weighted by atomic mass is 16.4. The zero-order valence-electron chi connectivity index (χ0n) is 7.40. The minimum absolute atomic E-state index is 0.180. The Kier molecular flexibility index (Phi) is 3.44. The summed E-state index contributed by atoms with van der Waals surface area (Å²) in [5.41, 5.74) is 0.180. The van der Waals surface area contributed by atoms with Crippen LogP contribution >= 0.6 is 0 Å². The van der Waals surface area contributed by atoms with E-state index in [1.807, 2.05) is 6.07 Å². The third-order valence-corrected chi connectivity index (χ3v) is 1.55. The number of anilines is 1. The number of nitrogens with zero attached hydrogens (tertiary/aromatic N) is 2. The van der Waals surface area contributed by atoms with Crippen molar-refractivity contribution in [3.63, 3.8) is 0 Å². The summed E-state index contributed by atoms with van der Waals surface area (Å²) in [7, 11) is 0. The van der Waals surface area contributed by atoms with Gasteiger partial charge in [-0.15, -0.1) is 0 Å². The maximum absolute atomic E-state index is 10.6. The zero-order valence-corrected chi connectivity index (χ0v) is 7.40. The van der Waals surface area contributed by atoms with Crippen molar-refractivity contribution < 1.29 is 9.90 Å². The Bertz CT molecular complexity index is 371. The lowest BCUT2D eigenvalue weighted by Crippen LogP contribution is -2.04. The number of nitrogens with one attached hydrogen (secondary N) is 1. The number of rotatable bonds is 4. The van der Waals surface area contributed by atoms with Crippen LogP contribution in [-0.2, 0) is 0 Å². The van der Waals surface area contributed by atoms with Gasteiger partial charge in [-0.3, -0.25) is 0 Å². The standard InChI is InChI=1S/C9H9N3O2/c10-3-1-4-11-8-6-7(9(13)14)2-5-12-8/h2,5-6H,1,4H2,(H,11,12)(H,13,14). The second-order valence-corrected chi connectivity index (χ2v) is 2.57. The molecular weight excluding hydrogens is 182 g/mol. The van der Waals surface area contributed by atoms with Crippen LogP contribution in [-0.4, -0.2) is 22.6 Å². The average Bonchev–Trinajstić information content (AvgIpc) is 2.19. The second kappa shape index (κ2) is 4.82. The summed E-state index contributed by atoms with van der Waals surface area (Å²) < 4.78 is 0. The summed E-state index contributed by atoms with van der Waals surface area (Å²) >= 11 is 0. The van der Waals surface area contributed by atoms with Crippen molar-refractivity contribution in [1.29, 1.82) is 5.26 Å². The lowest BCUT2D eigenvalue weighted by atomic mass is 10.2. The summed E-state index contributed by atoms with van der Waals surface area (Å²) in [6.07, 6.45) is 1.77. The van der Waals surface area contributed by atoms with Gasteiger partial charge in [0.2, 0.25) is 0 Å². The normalized spacial score (nSPS) is 9.07. The van der Waals surface area contributed by atoms with Crippen molar-refractivity contribution in [2.24, 2.45) is 0 Å². The minimum atomic E-state index is -0.990. The summed E-state index contributed by atoms with van der Waals surface area (Å²) in [4.78, 5) is 14.5. The molecule has 2 N–H and O–H groups in total. The first kappa shape index (κ1) is 9.99. The van der Waals surface area contributed by atoms with Gasteiger partial charge in [-0.1, -0.05) is 0 Å². The van der Waals surface area contributed by atoms with Gasteiger partial charge in [0, 0.05) is 12.7 Å². The number of hydrogen-bond donors (Lipinski definition) is 2. The van der Waals surface area contributed by atoms with E-state index in [1.165, 1.54) is 18.3 Å².